The number of fused-ring (bicyclic) bond motifs is 3. The molecule has 1 aliphatic heterocycles. The summed E-state index contributed by atoms with van der Waals surface area (Å²) in [6.45, 7) is 0. The second-order valence-electron chi connectivity index (χ2n) is 8.51. The van der Waals surface area contributed by atoms with Crippen LogP contribution in [0.5, 0.6) is 5.75 Å². The minimum absolute atomic E-state index is 0.104. The summed E-state index contributed by atoms with van der Waals surface area (Å²) in [5, 5.41) is 12.5. The van der Waals surface area contributed by atoms with Crippen LogP contribution < -0.4 is 4.74 Å². The maximum Gasteiger partial charge on any atom is 0.233 e. The largest absolute Gasteiger partial charge is 0.476 e. The first kappa shape index (κ1) is 22.1. The Labute approximate surface area is 204 Å². The van der Waals surface area contributed by atoms with Gasteiger partial charge in [0.25, 0.3) is 0 Å². The van der Waals surface area contributed by atoms with E-state index in [0.29, 0.717) is 11.1 Å². The summed E-state index contributed by atoms with van der Waals surface area (Å²) in [6.07, 6.45) is 2.81. The lowest BCUT2D eigenvalue weighted by Gasteiger charge is -2.39. The molecule has 2 aromatic carbocycles. The molecule has 4 atom stereocenters. The van der Waals surface area contributed by atoms with Crippen LogP contribution in [0.15, 0.2) is 71.5 Å². The van der Waals surface area contributed by atoms with Crippen LogP contribution in [0.1, 0.15) is 22.6 Å². The zero-order valence-corrected chi connectivity index (χ0v) is 20.2. The predicted molar refractivity (Wildman–Crippen MR) is 126 cm³/mol. The van der Waals surface area contributed by atoms with Crippen molar-refractivity contribution in [2.45, 2.75) is 17.1 Å². The molecule has 0 unspecified atom stereocenters. The first-order valence-corrected chi connectivity index (χ1v) is 11.5. The molecule has 0 radical (unpaired) electrons. The second kappa shape index (κ2) is 7.65. The zero-order valence-electron chi connectivity index (χ0n) is 17.8. The van der Waals surface area contributed by atoms with Crippen molar-refractivity contribution in [3.63, 3.8) is 0 Å². The fourth-order valence-corrected chi connectivity index (χ4v) is 5.80. The van der Waals surface area contributed by atoms with Gasteiger partial charge in [0.05, 0.1) is 22.7 Å². The highest BCUT2D eigenvalue weighted by molar-refractivity contribution is 9.10. The number of carbonyl (C=O) groups is 2. The number of benzene rings is 2. The Kier molecular flexibility index (Phi) is 5.12. The van der Waals surface area contributed by atoms with Crippen LogP contribution >= 0.6 is 27.5 Å². The van der Waals surface area contributed by atoms with E-state index in [1.807, 2.05) is 42.5 Å². The molecule has 1 fully saturated rings. The van der Waals surface area contributed by atoms with Crippen molar-refractivity contribution in [3.05, 3.63) is 93.2 Å². The normalized spacial score (nSPS) is 27.6. The molecule has 33 heavy (non-hydrogen) atoms. The molecule has 1 N–H and O–H groups in total. The van der Waals surface area contributed by atoms with E-state index < -0.39 is 34.7 Å². The number of carbonyl (C=O) groups excluding carboxylic acids is 2. The molecule has 1 aromatic heterocycles. The van der Waals surface area contributed by atoms with Gasteiger partial charge in [0.2, 0.25) is 5.91 Å². The quantitative estimate of drug-likeness (QED) is 0.520. The Bertz CT molecular complexity index is 1270. The number of ether oxygens (including phenoxy) is 1. The third-order valence-electron chi connectivity index (χ3n) is 6.58. The van der Waals surface area contributed by atoms with Crippen LogP contribution in [-0.4, -0.2) is 40.8 Å². The number of hydrogen-bond donors (Lipinski definition) is 1. The molecule has 8 heteroatoms. The fourth-order valence-electron chi connectivity index (χ4n) is 5.25. The summed E-state index contributed by atoms with van der Waals surface area (Å²) in [5.41, 5.74) is -2.44. The van der Waals surface area contributed by atoms with Crippen LogP contribution in [0, 0.1) is 5.92 Å². The summed E-state index contributed by atoms with van der Waals surface area (Å²) in [7, 11) is 3.18. The average Bonchev–Trinajstić information content (AvgIpc) is 3.18. The van der Waals surface area contributed by atoms with Gasteiger partial charge in [-0.3, -0.25) is 14.6 Å². The number of pyridine rings is 1. The second-order valence-corrected chi connectivity index (χ2v) is 9.84. The lowest BCUT2D eigenvalue weighted by molar-refractivity contribution is -0.153. The molecule has 2 aliphatic rings. The highest BCUT2D eigenvalue weighted by atomic mass is 79.9. The molecule has 3 aromatic rings. The van der Waals surface area contributed by atoms with Gasteiger partial charge in [-0.1, -0.05) is 70.0 Å². The van der Waals surface area contributed by atoms with Crippen LogP contribution in [0.3, 0.4) is 0 Å². The minimum Gasteiger partial charge on any atom is -0.476 e. The molecule has 0 saturated heterocycles. The number of Topliss-reactive ketones (excluding diaryl/α,β-unsaturated/α-hetero) is 1. The number of halogens is 2. The summed E-state index contributed by atoms with van der Waals surface area (Å²) in [4.78, 5) is 33.0. The third kappa shape index (κ3) is 2.86. The van der Waals surface area contributed by atoms with Crippen LogP contribution in [0.2, 0.25) is 5.02 Å². The van der Waals surface area contributed by atoms with Crippen molar-refractivity contribution in [2.24, 2.45) is 5.92 Å². The number of hydrogen-bond acceptors (Lipinski definition) is 5. The van der Waals surface area contributed by atoms with Crippen molar-refractivity contribution >= 4 is 39.2 Å². The van der Waals surface area contributed by atoms with E-state index in [9.17, 15) is 14.7 Å². The number of amides is 1. The lowest BCUT2D eigenvalue weighted by atomic mass is 9.71. The monoisotopic (exact) mass is 526 g/mol. The van der Waals surface area contributed by atoms with E-state index in [1.165, 1.54) is 17.3 Å². The zero-order chi connectivity index (χ0) is 23.5. The van der Waals surface area contributed by atoms with Crippen molar-refractivity contribution < 1.29 is 19.4 Å². The van der Waals surface area contributed by atoms with Gasteiger partial charge >= 0.3 is 0 Å². The smallest absolute Gasteiger partial charge is 0.233 e. The molecule has 2 heterocycles. The SMILES string of the molecule is CN(C)C(=O)[C@H]1C(=O)[C@@]2(O)c3c(Cl)cncc3O[C@@]2(c2ccc(Br)cc2)[C@@H]1c1ccccc1. The highest BCUT2D eigenvalue weighted by Crippen LogP contribution is 2.67. The molecule has 0 bridgehead atoms. The van der Waals surface area contributed by atoms with Crippen molar-refractivity contribution in [1.29, 1.82) is 0 Å². The van der Waals surface area contributed by atoms with Crippen LogP contribution in [-0.2, 0) is 20.8 Å². The molecule has 1 saturated carbocycles. The van der Waals surface area contributed by atoms with Gasteiger partial charge in [-0.15, -0.1) is 0 Å². The van der Waals surface area contributed by atoms with Gasteiger partial charge in [0, 0.05) is 24.8 Å². The van der Waals surface area contributed by atoms with Gasteiger partial charge in [-0.25, -0.2) is 0 Å². The van der Waals surface area contributed by atoms with Gasteiger partial charge in [-0.05, 0) is 23.3 Å². The van der Waals surface area contributed by atoms with E-state index in [0.717, 1.165) is 4.47 Å². The molecule has 0 spiro atoms. The Morgan fingerprint density at radius 1 is 1.12 bits per heavy atom. The van der Waals surface area contributed by atoms with E-state index in [4.69, 9.17) is 16.3 Å². The molecule has 6 nitrogen and oxygen atoms in total. The molecule has 1 amide bonds. The van der Waals surface area contributed by atoms with Gasteiger partial charge in [0.15, 0.2) is 17.0 Å². The van der Waals surface area contributed by atoms with E-state index in [2.05, 4.69) is 20.9 Å². The molecule has 168 valence electrons. The first-order chi connectivity index (χ1) is 15.7. The van der Waals surface area contributed by atoms with Crippen LogP contribution in [0.4, 0.5) is 0 Å². The summed E-state index contributed by atoms with van der Waals surface area (Å²) >= 11 is 9.93. The number of rotatable bonds is 3. The Morgan fingerprint density at radius 3 is 2.42 bits per heavy atom. The summed E-state index contributed by atoms with van der Waals surface area (Å²) in [5.74, 6) is -2.85. The number of aliphatic hydroxyl groups is 1. The number of ketones is 1. The molecule has 5 rings (SSSR count). The highest BCUT2D eigenvalue weighted by Gasteiger charge is 2.78. The Morgan fingerprint density at radius 2 is 1.79 bits per heavy atom. The Hall–Kier alpha value is -2.74. The van der Waals surface area contributed by atoms with Crippen molar-refractivity contribution in [1.82, 2.24) is 9.88 Å². The van der Waals surface area contributed by atoms with Gasteiger partial charge in [0.1, 0.15) is 11.7 Å². The topological polar surface area (TPSA) is 79.7 Å². The minimum atomic E-state index is -2.20. The maximum atomic E-state index is 14.1. The molecule has 1 aliphatic carbocycles. The standard InChI is InChI=1S/C25H20BrClN2O4/c1-29(2)23(31)19-20(14-6-4-3-5-7-14)25(15-8-10-16(26)11-9-15)24(32,22(19)30)21-17(27)12-28-13-18(21)33-25/h3-13,19-20,32H,1-2H3/t19-,20-,24+,25+/m1/s1. The molecular weight excluding hydrogens is 508 g/mol. The van der Waals surface area contributed by atoms with Crippen molar-refractivity contribution in [3.8, 4) is 5.75 Å². The summed E-state index contributed by atoms with van der Waals surface area (Å²) < 4.78 is 7.34. The average molecular weight is 528 g/mol. The first-order valence-electron chi connectivity index (χ1n) is 10.3. The third-order valence-corrected chi connectivity index (χ3v) is 7.40. The van der Waals surface area contributed by atoms with Gasteiger partial charge < -0.3 is 14.7 Å². The fraction of sp³-hybridized carbons (Fsp3) is 0.240. The number of aromatic nitrogens is 1. The van der Waals surface area contributed by atoms with E-state index in [-0.39, 0.29) is 16.3 Å². The lowest BCUT2D eigenvalue weighted by Crippen LogP contribution is -2.50. The Balaban J connectivity index is 1.90. The number of nitrogens with zero attached hydrogens (tertiary/aromatic N) is 2. The van der Waals surface area contributed by atoms with Crippen molar-refractivity contribution in [2.75, 3.05) is 14.1 Å². The maximum absolute atomic E-state index is 14.1. The summed E-state index contributed by atoms with van der Waals surface area (Å²) in [6, 6.07) is 16.4. The van der Waals surface area contributed by atoms with Crippen LogP contribution in [0.25, 0.3) is 0 Å². The van der Waals surface area contributed by atoms with E-state index >= 15 is 0 Å². The van der Waals surface area contributed by atoms with E-state index in [1.54, 1.807) is 26.2 Å². The predicted octanol–water partition coefficient (Wildman–Crippen LogP) is 4.04. The molecular formula is C25H20BrClN2O4. The van der Waals surface area contributed by atoms with Gasteiger partial charge in [-0.2, -0.15) is 0 Å².